The van der Waals surface area contributed by atoms with Gasteiger partial charge in [-0.1, -0.05) is 13.8 Å². The standard InChI is InChI=1S/C12H15N5OS.C2H6/c1-8-9(6-13)12(17-2-4-18-5-3-17)19-10(8)11(15)16-7-14;1-2/h7H,2-5H2,1H3,(H3,14,15,16);1-2H3. The highest BCUT2D eigenvalue weighted by Crippen LogP contribution is 2.35. The molecular weight excluding hydrogens is 286 g/mol. The van der Waals surface area contributed by atoms with E-state index in [0.29, 0.717) is 18.8 Å². The van der Waals surface area contributed by atoms with E-state index in [0.717, 1.165) is 34.9 Å². The minimum atomic E-state index is 0.286. The quantitative estimate of drug-likeness (QED) is 0.660. The van der Waals surface area contributed by atoms with E-state index >= 15 is 0 Å². The Kier molecular flexibility index (Phi) is 6.85. The molecule has 0 atom stereocenters. The summed E-state index contributed by atoms with van der Waals surface area (Å²) < 4.78 is 5.32. The summed E-state index contributed by atoms with van der Waals surface area (Å²) in [6.45, 7) is 8.74. The van der Waals surface area contributed by atoms with Gasteiger partial charge in [0.05, 0.1) is 23.7 Å². The lowest BCUT2D eigenvalue weighted by Crippen LogP contribution is -2.36. The van der Waals surface area contributed by atoms with E-state index < -0.39 is 0 Å². The molecule has 0 aromatic carbocycles. The monoisotopic (exact) mass is 307 g/mol. The second kappa shape index (κ2) is 8.39. The van der Waals surface area contributed by atoms with E-state index in [1.165, 1.54) is 11.3 Å². The number of nitrogens with zero attached hydrogens (tertiary/aromatic N) is 3. The van der Waals surface area contributed by atoms with Crippen LogP contribution in [-0.2, 0) is 4.74 Å². The number of aliphatic imine (C=N–C) groups is 1. The zero-order chi connectivity index (χ0) is 15.8. The third-order valence-electron chi connectivity index (χ3n) is 2.97. The second-order valence-corrected chi connectivity index (χ2v) is 5.09. The normalized spacial score (nSPS) is 15.0. The maximum atomic E-state index is 9.33. The van der Waals surface area contributed by atoms with E-state index in [-0.39, 0.29) is 5.84 Å². The molecule has 0 bridgehead atoms. The van der Waals surface area contributed by atoms with Crippen LogP contribution in [0.2, 0.25) is 0 Å². The molecule has 1 aliphatic rings. The zero-order valence-electron chi connectivity index (χ0n) is 12.6. The second-order valence-electron chi connectivity index (χ2n) is 4.09. The molecule has 0 saturated carbocycles. The first kappa shape index (κ1) is 17.1. The van der Waals surface area contributed by atoms with Crippen molar-refractivity contribution in [1.29, 1.82) is 10.7 Å². The number of nitriles is 1. The largest absolute Gasteiger partial charge is 0.382 e. The fourth-order valence-corrected chi connectivity index (χ4v) is 3.21. The van der Waals surface area contributed by atoms with E-state index in [1.54, 1.807) is 0 Å². The Hall–Kier alpha value is -1.91. The highest BCUT2D eigenvalue weighted by molar-refractivity contribution is 7.18. The van der Waals surface area contributed by atoms with Crippen LogP contribution in [0.4, 0.5) is 5.00 Å². The summed E-state index contributed by atoms with van der Waals surface area (Å²) in [6.07, 6.45) is 0.912. The van der Waals surface area contributed by atoms with Gasteiger partial charge in [-0.25, -0.2) is 4.99 Å². The number of anilines is 1. The van der Waals surface area contributed by atoms with Crippen LogP contribution in [-0.4, -0.2) is 38.5 Å². The molecule has 2 rings (SSSR count). The summed E-state index contributed by atoms with van der Waals surface area (Å²) in [6, 6.07) is 2.24. The van der Waals surface area contributed by atoms with Crippen LogP contribution in [0, 0.1) is 23.7 Å². The van der Waals surface area contributed by atoms with Crippen molar-refractivity contribution in [3.8, 4) is 6.07 Å². The summed E-state index contributed by atoms with van der Waals surface area (Å²) in [5.41, 5.74) is 7.30. The fraction of sp³-hybridized carbons (Fsp3) is 0.500. The Balaban J connectivity index is 0.00000106. The van der Waals surface area contributed by atoms with Crippen LogP contribution < -0.4 is 10.6 Å². The van der Waals surface area contributed by atoms with Gasteiger partial charge in [0.25, 0.3) is 0 Å². The van der Waals surface area contributed by atoms with Crippen LogP contribution in [0.3, 0.4) is 0 Å². The predicted molar refractivity (Wildman–Crippen MR) is 87.7 cm³/mol. The van der Waals surface area contributed by atoms with Gasteiger partial charge in [-0.15, -0.1) is 11.3 Å². The maximum Gasteiger partial charge on any atom is 0.142 e. The summed E-state index contributed by atoms with van der Waals surface area (Å²) in [5, 5.41) is 17.2. The third-order valence-corrected chi connectivity index (χ3v) is 4.35. The number of hydrogen-bond donors (Lipinski definition) is 2. The molecule has 0 amide bonds. The predicted octanol–water partition coefficient (Wildman–Crippen LogP) is 2.10. The summed E-state index contributed by atoms with van der Waals surface area (Å²) in [5.74, 6) is 0.286. The fourth-order valence-electron chi connectivity index (χ4n) is 1.99. The van der Waals surface area contributed by atoms with Crippen molar-refractivity contribution in [2.45, 2.75) is 20.8 Å². The topological polar surface area (TPSA) is 98.5 Å². The average Bonchev–Trinajstić information content (AvgIpc) is 2.87. The molecule has 3 N–H and O–H groups in total. The minimum absolute atomic E-state index is 0.286. The SMILES string of the molecule is CC.Cc1c(C(N)=NC=N)sc(N2CCOCC2)c1C#N. The molecule has 21 heavy (non-hydrogen) atoms. The Bertz CT molecular complexity index is 552. The molecule has 1 aromatic rings. The van der Waals surface area contributed by atoms with Crippen molar-refractivity contribution in [3.63, 3.8) is 0 Å². The number of hydrogen-bond acceptors (Lipinski definition) is 5. The highest BCUT2D eigenvalue weighted by atomic mass is 32.1. The molecule has 0 radical (unpaired) electrons. The lowest BCUT2D eigenvalue weighted by Gasteiger charge is -2.27. The molecule has 1 saturated heterocycles. The van der Waals surface area contributed by atoms with Crippen molar-refractivity contribution < 1.29 is 4.74 Å². The number of nitrogens with two attached hydrogens (primary N) is 1. The van der Waals surface area contributed by atoms with Gasteiger partial charge in [0, 0.05) is 13.1 Å². The number of rotatable bonds is 3. The maximum absolute atomic E-state index is 9.33. The lowest BCUT2D eigenvalue weighted by atomic mass is 10.1. The van der Waals surface area contributed by atoms with E-state index in [9.17, 15) is 5.26 Å². The van der Waals surface area contributed by atoms with Gasteiger partial charge in [0.15, 0.2) is 0 Å². The molecular formula is C14H21N5OS. The van der Waals surface area contributed by atoms with E-state index in [4.69, 9.17) is 15.9 Å². The van der Waals surface area contributed by atoms with E-state index in [1.807, 2.05) is 20.8 Å². The van der Waals surface area contributed by atoms with Crippen molar-refractivity contribution in [1.82, 2.24) is 0 Å². The van der Waals surface area contributed by atoms with Gasteiger partial charge in [-0.2, -0.15) is 5.26 Å². The average molecular weight is 307 g/mol. The summed E-state index contributed by atoms with van der Waals surface area (Å²) >= 11 is 1.45. The molecule has 1 fully saturated rings. The molecule has 0 unspecified atom stereocenters. The number of nitrogens with one attached hydrogen (secondary N) is 1. The van der Waals surface area contributed by atoms with Gasteiger partial charge in [0.2, 0.25) is 0 Å². The lowest BCUT2D eigenvalue weighted by molar-refractivity contribution is 0.123. The number of morpholine rings is 1. The molecule has 1 aliphatic heterocycles. The Morgan fingerprint density at radius 1 is 1.48 bits per heavy atom. The van der Waals surface area contributed by atoms with Crippen molar-refractivity contribution in [2.24, 2.45) is 10.7 Å². The minimum Gasteiger partial charge on any atom is -0.382 e. The molecule has 7 heteroatoms. The van der Waals surface area contributed by atoms with Crippen molar-refractivity contribution in [2.75, 3.05) is 31.2 Å². The molecule has 2 heterocycles. The molecule has 1 aromatic heterocycles. The first-order valence-corrected chi connectivity index (χ1v) is 7.69. The van der Waals surface area contributed by atoms with Crippen LogP contribution in [0.25, 0.3) is 0 Å². The Morgan fingerprint density at radius 3 is 2.62 bits per heavy atom. The number of ether oxygens (including phenoxy) is 1. The zero-order valence-corrected chi connectivity index (χ0v) is 13.5. The molecule has 0 aliphatic carbocycles. The summed E-state index contributed by atoms with van der Waals surface area (Å²) in [7, 11) is 0. The molecule has 6 nitrogen and oxygen atoms in total. The summed E-state index contributed by atoms with van der Waals surface area (Å²) in [4.78, 5) is 6.69. The van der Waals surface area contributed by atoms with Gasteiger partial charge >= 0.3 is 0 Å². The molecule has 0 spiro atoms. The van der Waals surface area contributed by atoms with Gasteiger partial charge in [0.1, 0.15) is 23.2 Å². The van der Waals surface area contributed by atoms with E-state index in [2.05, 4.69) is 16.0 Å². The first-order chi connectivity index (χ1) is 10.2. The van der Waals surface area contributed by atoms with Crippen LogP contribution in [0.5, 0.6) is 0 Å². The highest BCUT2D eigenvalue weighted by Gasteiger charge is 2.22. The number of thiophene rings is 1. The van der Waals surface area contributed by atoms with Gasteiger partial charge < -0.3 is 15.4 Å². The Morgan fingerprint density at radius 2 is 2.10 bits per heavy atom. The van der Waals surface area contributed by atoms with Crippen molar-refractivity contribution >= 4 is 28.5 Å². The Labute approximate surface area is 129 Å². The van der Waals surface area contributed by atoms with Gasteiger partial charge in [-0.05, 0) is 12.5 Å². The smallest absolute Gasteiger partial charge is 0.142 e. The van der Waals surface area contributed by atoms with Crippen LogP contribution in [0.1, 0.15) is 29.9 Å². The van der Waals surface area contributed by atoms with Crippen LogP contribution >= 0.6 is 11.3 Å². The molecule has 114 valence electrons. The van der Waals surface area contributed by atoms with Crippen molar-refractivity contribution in [3.05, 3.63) is 16.0 Å². The van der Waals surface area contributed by atoms with Gasteiger partial charge in [-0.3, -0.25) is 5.41 Å². The number of amidine groups is 1. The first-order valence-electron chi connectivity index (χ1n) is 6.87. The third kappa shape index (κ3) is 3.80. The van der Waals surface area contributed by atoms with Crippen LogP contribution in [0.15, 0.2) is 4.99 Å².